The number of ether oxygens (including phenoxy) is 1. The molecule has 0 aliphatic carbocycles. The lowest BCUT2D eigenvalue weighted by Gasteiger charge is -2.26. The number of benzene rings is 3. The maximum Gasteiger partial charge on any atom is 0.300 e. The van der Waals surface area contributed by atoms with Crippen molar-refractivity contribution in [2.24, 2.45) is 0 Å². The summed E-state index contributed by atoms with van der Waals surface area (Å²) in [6.07, 6.45) is 0. The van der Waals surface area contributed by atoms with E-state index in [0.717, 1.165) is 16.5 Å². The van der Waals surface area contributed by atoms with Crippen molar-refractivity contribution in [3.05, 3.63) is 98.3 Å². The fraction of sp³-hybridized carbons (Fsp3) is 0.154. The topological polar surface area (TPSA) is 66.8 Å². The van der Waals surface area contributed by atoms with Gasteiger partial charge in [-0.25, -0.2) is 4.39 Å². The molecular formula is C26H20Cl2FNO4. The molecule has 0 radical (unpaired) electrons. The maximum absolute atomic E-state index is 14.0. The number of nitrogens with zero attached hydrogens (tertiary/aromatic N) is 1. The van der Waals surface area contributed by atoms with Gasteiger partial charge in [0.2, 0.25) is 0 Å². The van der Waals surface area contributed by atoms with Gasteiger partial charge in [0.25, 0.3) is 11.7 Å². The van der Waals surface area contributed by atoms with Gasteiger partial charge in [0.05, 0.1) is 28.8 Å². The largest absolute Gasteiger partial charge is 0.507 e. The van der Waals surface area contributed by atoms with Gasteiger partial charge in [0, 0.05) is 11.3 Å². The minimum Gasteiger partial charge on any atom is -0.507 e. The average molecular weight is 500 g/mol. The zero-order chi connectivity index (χ0) is 24.7. The molecule has 0 saturated carbocycles. The summed E-state index contributed by atoms with van der Waals surface area (Å²) in [7, 11) is 1.54. The summed E-state index contributed by atoms with van der Waals surface area (Å²) in [6.45, 7) is 3.56. The van der Waals surface area contributed by atoms with Gasteiger partial charge >= 0.3 is 0 Å². The first-order chi connectivity index (χ1) is 16.1. The summed E-state index contributed by atoms with van der Waals surface area (Å²) in [5.41, 5.74) is 2.22. The van der Waals surface area contributed by atoms with Gasteiger partial charge in [0.1, 0.15) is 17.3 Å². The molecule has 1 aliphatic heterocycles. The number of aliphatic hydroxyl groups excluding tert-OH is 1. The lowest BCUT2D eigenvalue weighted by molar-refractivity contribution is -0.132. The Hall–Kier alpha value is -3.35. The number of carbonyl (C=O) groups excluding carboxylic acids is 2. The second kappa shape index (κ2) is 9.12. The number of ketones is 1. The standard InChI is InChI=1S/C26H20Cl2FNO4/c1-13-10-21(34-3)14(2)9-18(13)24(31)22-23(15-7-8-19(27)20(28)11-15)30(26(33)25(22)32)17-6-4-5-16(29)12-17/h4-12,23,31H,1-3H3/b24-22+. The summed E-state index contributed by atoms with van der Waals surface area (Å²) in [5, 5.41) is 11.9. The molecule has 174 valence electrons. The highest BCUT2D eigenvalue weighted by atomic mass is 35.5. The summed E-state index contributed by atoms with van der Waals surface area (Å²) >= 11 is 12.3. The van der Waals surface area contributed by atoms with Crippen LogP contribution < -0.4 is 9.64 Å². The molecule has 8 heteroatoms. The number of Topliss-reactive ketones (excluding diaryl/α,β-unsaturated/α-hetero) is 1. The summed E-state index contributed by atoms with van der Waals surface area (Å²) in [6, 6.07) is 12.4. The molecule has 0 spiro atoms. The highest BCUT2D eigenvalue weighted by Crippen LogP contribution is 2.44. The van der Waals surface area contributed by atoms with Crippen molar-refractivity contribution in [1.82, 2.24) is 0 Å². The number of aliphatic hydroxyl groups is 1. The average Bonchev–Trinajstić information content (AvgIpc) is 3.07. The third kappa shape index (κ3) is 4.04. The Bertz CT molecular complexity index is 1370. The van der Waals surface area contributed by atoms with Gasteiger partial charge in [0.15, 0.2) is 0 Å². The molecule has 1 atom stereocenters. The first-order valence-corrected chi connectivity index (χ1v) is 11.1. The molecule has 1 aliphatic rings. The minimum absolute atomic E-state index is 0.139. The number of methoxy groups -OCH3 is 1. The van der Waals surface area contributed by atoms with Gasteiger partial charge < -0.3 is 9.84 Å². The number of hydrogen-bond acceptors (Lipinski definition) is 4. The third-order valence-electron chi connectivity index (χ3n) is 5.79. The summed E-state index contributed by atoms with van der Waals surface area (Å²) < 4.78 is 19.4. The van der Waals surface area contributed by atoms with Crippen molar-refractivity contribution in [2.75, 3.05) is 12.0 Å². The van der Waals surface area contributed by atoms with Crippen molar-refractivity contribution in [3.8, 4) is 5.75 Å². The summed E-state index contributed by atoms with van der Waals surface area (Å²) in [4.78, 5) is 27.6. The Morgan fingerprint density at radius 2 is 1.74 bits per heavy atom. The molecule has 34 heavy (non-hydrogen) atoms. The van der Waals surface area contributed by atoms with Gasteiger partial charge in [-0.05, 0) is 73.0 Å². The first kappa shape index (κ1) is 23.8. The van der Waals surface area contributed by atoms with E-state index in [4.69, 9.17) is 27.9 Å². The predicted octanol–water partition coefficient (Wildman–Crippen LogP) is 6.38. The van der Waals surface area contributed by atoms with Crippen molar-refractivity contribution in [3.63, 3.8) is 0 Å². The van der Waals surface area contributed by atoms with E-state index in [0.29, 0.717) is 22.4 Å². The quantitative estimate of drug-likeness (QED) is 0.256. The Morgan fingerprint density at radius 1 is 1.00 bits per heavy atom. The van der Waals surface area contributed by atoms with E-state index < -0.39 is 23.5 Å². The Labute approximate surface area is 206 Å². The van der Waals surface area contributed by atoms with E-state index in [2.05, 4.69) is 0 Å². The van der Waals surface area contributed by atoms with Crippen LogP contribution >= 0.6 is 23.2 Å². The predicted molar refractivity (Wildman–Crippen MR) is 130 cm³/mol. The van der Waals surface area contributed by atoms with Crippen LogP contribution in [0.2, 0.25) is 10.0 Å². The van der Waals surface area contributed by atoms with E-state index in [-0.39, 0.29) is 27.1 Å². The molecule has 0 aromatic heterocycles. The van der Waals surface area contributed by atoms with Crippen LogP contribution in [0.25, 0.3) is 5.76 Å². The molecule has 0 bridgehead atoms. The highest BCUT2D eigenvalue weighted by molar-refractivity contribution is 6.52. The molecule has 4 rings (SSSR count). The molecule has 1 fully saturated rings. The number of hydrogen-bond donors (Lipinski definition) is 1. The first-order valence-electron chi connectivity index (χ1n) is 10.3. The molecule has 1 saturated heterocycles. The van der Waals surface area contributed by atoms with E-state index in [9.17, 15) is 19.1 Å². The van der Waals surface area contributed by atoms with Crippen molar-refractivity contribution in [2.45, 2.75) is 19.9 Å². The fourth-order valence-corrected chi connectivity index (χ4v) is 4.44. The van der Waals surface area contributed by atoms with E-state index in [1.165, 1.54) is 37.4 Å². The molecule has 1 N–H and O–H groups in total. The smallest absolute Gasteiger partial charge is 0.300 e. The lowest BCUT2D eigenvalue weighted by atomic mass is 9.93. The lowest BCUT2D eigenvalue weighted by Crippen LogP contribution is -2.29. The molecule has 1 amide bonds. The number of carbonyl (C=O) groups is 2. The van der Waals surface area contributed by atoms with Crippen LogP contribution in [0, 0.1) is 19.7 Å². The van der Waals surface area contributed by atoms with Crippen LogP contribution in [0.1, 0.15) is 28.3 Å². The normalized spacial score (nSPS) is 17.4. The fourth-order valence-electron chi connectivity index (χ4n) is 4.13. The SMILES string of the molecule is COc1cc(C)c(/C(O)=C2\C(=O)C(=O)N(c3cccc(F)c3)C2c2ccc(Cl)c(Cl)c2)cc1C. The van der Waals surface area contributed by atoms with E-state index >= 15 is 0 Å². The van der Waals surface area contributed by atoms with Crippen molar-refractivity contribution < 1.29 is 23.8 Å². The van der Waals surface area contributed by atoms with E-state index in [1.54, 1.807) is 32.0 Å². The van der Waals surface area contributed by atoms with Gasteiger partial charge in [-0.1, -0.05) is 35.3 Å². The zero-order valence-corrected chi connectivity index (χ0v) is 20.0. The van der Waals surface area contributed by atoms with E-state index in [1.807, 2.05) is 0 Å². The maximum atomic E-state index is 14.0. The second-order valence-corrected chi connectivity index (χ2v) is 8.77. The molecule has 5 nitrogen and oxygen atoms in total. The van der Waals surface area contributed by atoms with Gasteiger partial charge in [-0.15, -0.1) is 0 Å². The van der Waals surface area contributed by atoms with Crippen LogP contribution in [-0.2, 0) is 9.59 Å². The molecule has 3 aromatic rings. The number of amides is 1. The van der Waals surface area contributed by atoms with Crippen LogP contribution in [0.4, 0.5) is 10.1 Å². The molecule has 1 heterocycles. The Kier molecular flexibility index (Phi) is 6.39. The molecule has 3 aromatic carbocycles. The van der Waals surface area contributed by atoms with Gasteiger partial charge in [-0.3, -0.25) is 14.5 Å². The van der Waals surface area contributed by atoms with Crippen LogP contribution in [0.15, 0.2) is 60.2 Å². The van der Waals surface area contributed by atoms with Crippen molar-refractivity contribution in [1.29, 1.82) is 0 Å². The summed E-state index contributed by atoms with van der Waals surface area (Å²) in [5.74, 6) is -2.10. The second-order valence-electron chi connectivity index (χ2n) is 7.96. The monoisotopic (exact) mass is 499 g/mol. The molecule has 1 unspecified atom stereocenters. The zero-order valence-electron chi connectivity index (χ0n) is 18.5. The van der Waals surface area contributed by atoms with Crippen LogP contribution in [-0.4, -0.2) is 23.9 Å². The van der Waals surface area contributed by atoms with Crippen molar-refractivity contribution >= 4 is 46.3 Å². The molecular weight excluding hydrogens is 480 g/mol. The number of halogens is 3. The highest BCUT2D eigenvalue weighted by Gasteiger charge is 2.47. The van der Waals surface area contributed by atoms with Gasteiger partial charge in [-0.2, -0.15) is 0 Å². The Balaban J connectivity index is 2.00. The Morgan fingerprint density at radius 3 is 2.38 bits per heavy atom. The third-order valence-corrected chi connectivity index (χ3v) is 6.53. The number of rotatable bonds is 4. The number of aryl methyl sites for hydroxylation is 2. The van der Waals surface area contributed by atoms with Crippen LogP contribution in [0.3, 0.4) is 0 Å². The minimum atomic E-state index is -1.06. The van der Waals surface area contributed by atoms with Crippen LogP contribution in [0.5, 0.6) is 5.75 Å². The number of anilines is 1.